The van der Waals surface area contributed by atoms with Crippen molar-refractivity contribution in [2.45, 2.75) is 13.0 Å². The molecule has 2 rings (SSSR count). The first kappa shape index (κ1) is 11.7. The van der Waals surface area contributed by atoms with E-state index >= 15 is 0 Å². The van der Waals surface area contributed by atoms with Crippen molar-refractivity contribution in [2.24, 2.45) is 5.16 Å². The quantitative estimate of drug-likeness (QED) is 0.504. The van der Waals surface area contributed by atoms with Crippen LogP contribution in [0.15, 0.2) is 53.9 Å². The maximum absolute atomic E-state index is 8.49. The van der Waals surface area contributed by atoms with Gasteiger partial charge in [-0.2, -0.15) is 0 Å². The van der Waals surface area contributed by atoms with Gasteiger partial charge < -0.3 is 9.77 Å². The molecule has 1 aromatic heterocycles. The summed E-state index contributed by atoms with van der Waals surface area (Å²) in [6.07, 6.45) is 4.45. The monoisotopic (exact) mass is 248 g/mol. The Balaban J connectivity index is 2.04. The molecule has 0 amide bonds. The fraction of sp³-hybridized carbons (Fsp3) is 0.154. The van der Waals surface area contributed by atoms with Gasteiger partial charge in [0.05, 0.1) is 0 Å². The van der Waals surface area contributed by atoms with E-state index in [-0.39, 0.29) is 5.17 Å². The molecule has 0 saturated carbocycles. The van der Waals surface area contributed by atoms with Crippen LogP contribution < -0.4 is 0 Å². The zero-order valence-corrected chi connectivity index (χ0v) is 10.0. The van der Waals surface area contributed by atoms with Crippen molar-refractivity contribution in [1.29, 1.82) is 0 Å². The van der Waals surface area contributed by atoms with Crippen LogP contribution in [-0.4, -0.2) is 14.9 Å². The second-order valence-electron chi connectivity index (χ2n) is 3.83. The van der Waals surface area contributed by atoms with E-state index < -0.39 is 0 Å². The SMILES string of the molecule is O/N=C(\Cl)Cc1ccn(Cc2ccccc2)c1. The van der Waals surface area contributed by atoms with E-state index in [9.17, 15) is 0 Å². The number of hydrogen-bond donors (Lipinski definition) is 1. The van der Waals surface area contributed by atoms with E-state index in [0.717, 1.165) is 12.1 Å². The number of benzene rings is 1. The van der Waals surface area contributed by atoms with Gasteiger partial charge in [-0.15, -0.1) is 0 Å². The highest BCUT2D eigenvalue weighted by atomic mass is 35.5. The van der Waals surface area contributed by atoms with Gasteiger partial charge >= 0.3 is 0 Å². The molecule has 0 aliphatic carbocycles. The first-order chi connectivity index (χ1) is 8.28. The van der Waals surface area contributed by atoms with E-state index in [2.05, 4.69) is 21.9 Å². The Kier molecular flexibility index (Phi) is 3.83. The minimum atomic E-state index is 0.197. The summed E-state index contributed by atoms with van der Waals surface area (Å²) in [7, 11) is 0. The lowest BCUT2D eigenvalue weighted by atomic mass is 10.2. The van der Waals surface area contributed by atoms with Crippen LogP contribution in [0.3, 0.4) is 0 Å². The maximum Gasteiger partial charge on any atom is 0.149 e. The Hall–Kier alpha value is -1.74. The molecule has 0 fully saturated rings. The summed E-state index contributed by atoms with van der Waals surface area (Å²) in [6, 6.07) is 12.2. The Bertz CT molecular complexity index is 505. The number of nitrogens with zero attached hydrogens (tertiary/aromatic N) is 2. The van der Waals surface area contributed by atoms with E-state index in [0.29, 0.717) is 6.42 Å². The minimum absolute atomic E-state index is 0.197. The molecule has 0 aliphatic rings. The first-order valence-electron chi connectivity index (χ1n) is 5.33. The molecule has 1 aromatic carbocycles. The predicted molar refractivity (Wildman–Crippen MR) is 68.8 cm³/mol. The lowest BCUT2D eigenvalue weighted by Crippen LogP contribution is -1.97. The number of hydrogen-bond acceptors (Lipinski definition) is 2. The van der Waals surface area contributed by atoms with E-state index in [1.165, 1.54) is 5.56 Å². The van der Waals surface area contributed by atoms with Gasteiger partial charge in [-0.25, -0.2) is 0 Å². The zero-order chi connectivity index (χ0) is 12.1. The standard InChI is InChI=1S/C13H13ClN2O/c14-13(15-17)8-12-6-7-16(10-12)9-11-4-2-1-3-5-11/h1-7,10,17H,8-9H2/b15-13-. The van der Waals surface area contributed by atoms with Gasteiger partial charge in [-0.3, -0.25) is 0 Å². The van der Waals surface area contributed by atoms with Gasteiger partial charge in [-0.1, -0.05) is 47.1 Å². The molecule has 0 atom stereocenters. The number of oxime groups is 1. The molecule has 0 aliphatic heterocycles. The predicted octanol–water partition coefficient (Wildman–Crippen LogP) is 3.11. The summed E-state index contributed by atoms with van der Waals surface area (Å²) in [5.74, 6) is 0. The van der Waals surface area contributed by atoms with E-state index in [4.69, 9.17) is 16.8 Å². The molecule has 88 valence electrons. The van der Waals surface area contributed by atoms with Crippen LogP contribution >= 0.6 is 11.6 Å². The largest absolute Gasteiger partial charge is 0.410 e. The summed E-state index contributed by atoms with van der Waals surface area (Å²) in [6.45, 7) is 0.828. The summed E-state index contributed by atoms with van der Waals surface area (Å²) < 4.78 is 2.08. The van der Waals surface area contributed by atoms with Gasteiger partial charge in [-0.05, 0) is 17.2 Å². The molecule has 2 aromatic rings. The van der Waals surface area contributed by atoms with Gasteiger partial charge in [0.25, 0.3) is 0 Å². The lowest BCUT2D eigenvalue weighted by Gasteiger charge is -2.02. The second-order valence-corrected chi connectivity index (χ2v) is 4.27. The van der Waals surface area contributed by atoms with Gasteiger partial charge in [0.2, 0.25) is 0 Å². The highest BCUT2D eigenvalue weighted by molar-refractivity contribution is 6.65. The number of rotatable bonds is 4. The Morgan fingerprint density at radius 1 is 1.18 bits per heavy atom. The molecular weight excluding hydrogens is 236 g/mol. The van der Waals surface area contributed by atoms with Crippen LogP contribution in [0.25, 0.3) is 0 Å². The number of halogens is 1. The van der Waals surface area contributed by atoms with E-state index in [1.807, 2.05) is 36.7 Å². The maximum atomic E-state index is 8.49. The number of aromatic nitrogens is 1. The lowest BCUT2D eigenvalue weighted by molar-refractivity contribution is 0.319. The Morgan fingerprint density at radius 2 is 1.94 bits per heavy atom. The van der Waals surface area contributed by atoms with Crippen molar-refractivity contribution >= 4 is 16.8 Å². The third-order valence-electron chi connectivity index (χ3n) is 2.48. The molecule has 1 N–H and O–H groups in total. The van der Waals surface area contributed by atoms with E-state index in [1.54, 1.807) is 0 Å². The normalized spacial score (nSPS) is 11.7. The minimum Gasteiger partial charge on any atom is -0.410 e. The average molecular weight is 249 g/mol. The topological polar surface area (TPSA) is 37.5 Å². The fourth-order valence-corrected chi connectivity index (χ4v) is 1.85. The molecule has 0 radical (unpaired) electrons. The first-order valence-corrected chi connectivity index (χ1v) is 5.71. The van der Waals surface area contributed by atoms with Crippen LogP contribution in [0.5, 0.6) is 0 Å². The highest BCUT2D eigenvalue weighted by Gasteiger charge is 2.01. The molecule has 0 bridgehead atoms. The van der Waals surface area contributed by atoms with Crippen molar-refractivity contribution in [1.82, 2.24) is 4.57 Å². The summed E-state index contributed by atoms with van der Waals surface area (Å²) >= 11 is 5.66. The van der Waals surface area contributed by atoms with Crippen LogP contribution in [0.4, 0.5) is 0 Å². The Labute approximate surface area is 105 Å². The zero-order valence-electron chi connectivity index (χ0n) is 9.25. The second kappa shape index (κ2) is 5.55. The van der Waals surface area contributed by atoms with Crippen molar-refractivity contribution in [2.75, 3.05) is 0 Å². The summed E-state index contributed by atoms with van der Waals surface area (Å²) in [5.41, 5.74) is 2.28. The van der Waals surface area contributed by atoms with Crippen molar-refractivity contribution in [3.8, 4) is 0 Å². The highest BCUT2D eigenvalue weighted by Crippen LogP contribution is 2.08. The van der Waals surface area contributed by atoms with Gasteiger partial charge in [0.15, 0.2) is 0 Å². The smallest absolute Gasteiger partial charge is 0.149 e. The van der Waals surface area contributed by atoms with Gasteiger partial charge in [0, 0.05) is 25.4 Å². The van der Waals surface area contributed by atoms with Crippen LogP contribution in [0.2, 0.25) is 0 Å². The molecule has 0 saturated heterocycles. The molecule has 17 heavy (non-hydrogen) atoms. The van der Waals surface area contributed by atoms with Crippen molar-refractivity contribution < 1.29 is 5.21 Å². The molecule has 1 heterocycles. The molecule has 0 spiro atoms. The fourth-order valence-electron chi connectivity index (χ4n) is 1.69. The van der Waals surface area contributed by atoms with Crippen LogP contribution in [-0.2, 0) is 13.0 Å². The van der Waals surface area contributed by atoms with Crippen molar-refractivity contribution in [3.63, 3.8) is 0 Å². The third kappa shape index (κ3) is 3.36. The average Bonchev–Trinajstić information content (AvgIpc) is 2.77. The van der Waals surface area contributed by atoms with Gasteiger partial charge in [0.1, 0.15) is 5.17 Å². The summed E-state index contributed by atoms with van der Waals surface area (Å²) in [5, 5.41) is 11.6. The Morgan fingerprint density at radius 3 is 2.65 bits per heavy atom. The van der Waals surface area contributed by atoms with Crippen LogP contribution in [0.1, 0.15) is 11.1 Å². The molecular formula is C13H13ClN2O. The molecule has 0 unspecified atom stereocenters. The molecule has 4 heteroatoms. The molecule has 3 nitrogen and oxygen atoms in total. The van der Waals surface area contributed by atoms with Crippen LogP contribution in [0, 0.1) is 0 Å². The summed E-state index contributed by atoms with van der Waals surface area (Å²) in [4.78, 5) is 0. The third-order valence-corrected chi connectivity index (χ3v) is 2.69. The van der Waals surface area contributed by atoms with Crippen molar-refractivity contribution in [3.05, 3.63) is 59.9 Å².